The highest BCUT2D eigenvalue weighted by Gasteiger charge is 2.71. The Kier molecular flexibility index (Phi) is 2.48. The van der Waals surface area contributed by atoms with Gasteiger partial charge in [0, 0.05) is 17.7 Å². The molecule has 0 aromatic heterocycles. The van der Waals surface area contributed by atoms with Crippen LogP contribution < -0.4 is 4.90 Å². The van der Waals surface area contributed by atoms with E-state index in [1.807, 2.05) is 13.8 Å². The van der Waals surface area contributed by atoms with Gasteiger partial charge >= 0.3 is 0 Å². The number of carbonyl (C=O) groups excluding carboxylic acids is 1. The van der Waals surface area contributed by atoms with Crippen molar-refractivity contribution in [3.63, 3.8) is 0 Å². The summed E-state index contributed by atoms with van der Waals surface area (Å²) < 4.78 is 26.2. The van der Waals surface area contributed by atoms with Gasteiger partial charge in [-0.05, 0) is 23.5 Å². The Hall–Kier alpha value is -1.49. The summed E-state index contributed by atoms with van der Waals surface area (Å²) in [5.41, 5.74) is 0.200. The topological polar surface area (TPSA) is 40.5 Å². The summed E-state index contributed by atoms with van der Waals surface area (Å²) in [5.74, 6) is -2.08. The van der Waals surface area contributed by atoms with Crippen molar-refractivity contribution in [2.45, 2.75) is 19.9 Å². The number of hydrogen-bond donors (Lipinski definition) is 1. The van der Waals surface area contributed by atoms with Gasteiger partial charge in [-0.1, -0.05) is 13.8 Å². The standard InChI is InChI=1S/C14H15F2NO2/c1-14(2)11-10(6-18)17(13(19)12(11)14)7-3-4-8(15)9(16)5-7/h3-5,10-12,18H,6H2,1-2H3/t10-,11+,12-/m1/s1. The van der Waals surface area contributed by atoms with Gasteiger partial charge in [0.2, 0.25) is 5.91 Å². The minimum absolute atomic E-state index is 0.0816. The van der Waals surface area contributed by atoms with Crippen LogP contribution in [0.25, 0.3) is 0 Å². The molecule has 0 unspecified atom stereocenters. The maximum absolute atomic E-state index is 13.3. The van der Waals surface area contributed by atoms with Crippen LogP contribution >= 0.6 is 0 Å². The van der Waals surface area contributed by atoms with E-state index in [-0.39, 0.29) is 35.8 Å². The molecule has 1 saturated carbocycles. The maximum Gasteiger partial charge on any atom is 0.231 e. The van der Waals surface area contributed by atoms with E-state index in [4.69, 9.17) is 0 Å². The largest absolute Gasteiger partial charge is 0.394 e. The minimum atomic E-state index is -0.984. The van der Waals surface area contributed by atoms with Crippen LogP contribution in [0.15, 0.2) is 18.2 Å². The fourth-order valence-electron chi connectivity index (χ4n) is 3.49. The molecule has 3 rings (SSSR count). The predicted molar refractivity (Wildman–Crippen MR) is 65.5 cm³/mol. The van der Waals surface area contributed by atoms with Crippen molar-refractivity contribution in [3.05, 3.63) is 29.8 Å². The average Bonchev–Trinajstić information content (AvgIpc) is 2.76. The van der Waals surface area contributed by atoms with E-state index >= 15 is 0 Å². The Labute approximate surface area is 109 Å². The normalized spacial score (nSPS) is 31.5. The molecular weight excluding hydrogens is 252 g/mol. The molecule has 1 aromatic carbocycles. The molecule has 1 aliphatic heterocycles. The number of piperidine rings is 1. The Morgan fingerprint density at radius 3 is 2.58 bits per heavy atom. The summed E-state index contributed by atoms with van der Waals surface area (Å²) in [6.07, 6.45) is 0. The van der Waals surface area contributed by atoms with E-state index in [2.05, 4.69) is 0 Å². The Morgan fingerprint density at radius 1 is 1.32 bits per heavy atom. The molecule has 2 fully saturated rings. The molecule has 1 aromatic rings. The fourth-order valence-corrected chi connectivity index (χ4v) is 3.49. The highest BCUT2D eigenvalue weighted by atomic mass is 19.2. The van der Waals surface area contributed by atoms with Gasteiger partial charge in [0.05, 0.1) is 12.6 Å². The number of aliphatic hydroxyl groups is 1. The van der Waals surface area contributed by atoms with Crippen LogP contribution in [0.1, 0.15) is 13.8 Å². The first-order chi connectivity index (χ1) is 8.89. The second kappa shape index (κ2) is 3.76. The average molecular weight is 267 g/mol. The first-order valence-electron chi connectivity index (χ1n) is 6.28. The lowest BCUT2D eigenvalue weighted by molar-refractivity contribution is -0.119. The van der Waals surface area contributed by atoms with Crippen LogP contribution in [0.5, 0.6) is 0 Å². The van der Waals surface area contributed by atoms with Gasteiger partial charge in [0.1, 0.15) is 0 Å². The van der Waals surface area contributed by atoms with E-state index in [9.17, 15) is 18.7 Å². The molecule has 1 amide bonds. The molecule has 0 radical (unpaired) electrons. The Balaban J connectivity index is 1.97. The number of anilines is 1. The SMILES string of the molecule is CC1(C)[C@H]2[C@@H](CO)N(c3ccc(F)c(F)c3)C(=O)[C@@H]21. The maximum atomic E-state index is 13.3. The number of carbonyl (C=O) groups is 1. The predicted octanol–water partition coefficient (Wildman–Crippen LogP) is 1.94. The third kappa shape index (κ3) is 1.54. The van der Waals surface area contributed by atoms with Crippen molar-refractivity contribution in [1.29, 1.82) is 0 Å². The number of nitrogens with zero attached hydrogens (tertiary/aromatic N) is 1. The summed E-state index contributed by atoms with van der Waals surface area (Å²) in [6.45, 7) is 3.81. The zero-order chi connectivity index (χ0) is 13.9. The van der Waals surface area contributed by atoms with E-state index in [1.54, 1.807) is 0 Å². The second-order valence-corrected chi connectivity index (χ2v) is 5.88. The molecule has 19 heavy (non-hydrogen) atoms. The van der Waals surface area contributed by atoms with E-state index in [1.165, 1.54) is 11.0 Å². The van der Waals surface area contributed by atoms with Crippen LogP contribution in [-0.2, 0) is 4.79 Å². The lowest BCUT2D eigenvalue weighted by Gasteiger charge is -2.29. The number of hydrogen-bond acceptors (Lipinski definition) is 2. The highest BCUT2D eigenvalue weighted by molar-refractivity contribution is 6.02. The van der Waals surface area contributed by atoms with Crippen molar-refractivity contribution in [2.24, 2.45) is 17.3 Å². The lowest BCUT2D eigenvalue weighted by Crippen LogP contribution is -2.42. The minimum Gasteiger partial charge on any atom is -0.394 e. The monoisotopic (exact) mass is 267 g/mol. The smallest absolute Gasteiger partial charge is 0.231 e. The summed E-state index contributed by atoms with van der Waals surface area (Å²) in [4.78, 5) is 13.7. The van der Waals surface area contributed by atoms with Crippen molar-refractivity contribution < 1.29 is 18.7 Å². The van der Waals surface area contributed by atoms with E-state index in [0.29, 0.717) is 5.69 Å². The van der Waals surface area contributed by atoms with Gasteiger partial charge in [0.15, 0.2) is 11.6 Å². The number of benzene rings is 1. The Morgan fingerprint density at radius 2 is 2.00 bits per heavy atom. The van der Waals surface area contributed by atoms with Gasteiger partial charge in [-0.3, -0.25) is 4.79 Å². The quantitative estimate of drug-likeness (QED) is 0.889. The lowest BCUT2D eigenvalue weighted by atomic mass is 10.0. The van der Waals surface area contributed by atoms with Gasteiger partial charge < -0.3 is 10.0 Å². The van der Waals surface area contributed by atoms with Crippen LogP contribution in [0.2, 0.25) is 0 Å². The summed E-state index contributed by atoms with van der Waals surface area (Å²) in [5, 5.41) is 9.51. The molecule has 3 nitrogen and oxygen atoms in total. The molecule has 1 heterocycles. The zero-order valence-electron chi connectivity index (χ0n) is 10.7. The number of rotatable bonds is 2. The van der Waals surface area contributed by atoms with Crippen LogP contribution in [0.4, 0.5) is 14.5 Å². The molecule has 2 aliphatic rings. The van der Waals surface area contributed by atoms with E-state index in [0.717, 1.165) is 12.1 Å². The first kappa shape index (κ1) is 12.5. The number of amides is 1. The third-order valence-electron chi connectivity index (χ3n) is 4.53. The molecule has 1 N–H and O–H groups in total. The van der Waals surface area contributed by atoms with Gasteiger partial charge in [-0.2, -0.15) is 0 Å². The first-order valence-corrected chi connectivity index (χ1v) is 6.28. The van der Waals surface area contributed by atoms with Crippen LogP contribution in [0, 0.1) is 28.9 Å². The number of aliphatic hydroxyl groups excluding tert-OH is 1. The number of fused-ring (bicyclic) bond motifs is 1. The number of halogens is 2. The molecule has 0 spiro atoms. The zero-order valence-corrected chi connectivity index (χ0v) is 10.7. The molecule has 5 heteroatoms. The molecular formula is C14H15F2NO2. The summed E-state index contributed by atoms with van der Waals surface area (Å²) in [6, 6.07) is 3.03. The van der Waals surface area contributed by atoms with E-state index < -0.39 is 11.6 Å². The Bertz CT molecular complexity index is 558. The van der Waals surface area contributed by atoms with Gasteiger partial charge in [-0.25, -0.2) is 8.78 Å². The molecule has 3 atom stereocenters. The van der Waals surface area contributed by atoms with Crippen molar-refractivity contribution in [1.82, 2.24) is 0 Å². The second-order valence-electron chi connectivity index (χ2n) is 5.88. The molecule has 102 valence electrons. The van der Waals surface area contributed by atoms with Gasteiger partial charge in [-0.15, -0.1) is 0 Å². The van der Waals surface area contributed by atoms with Crippen molar-refractivity contribution >= 4 is 11.6 Å². The van der Waals surface area contributed by atoms with Crippen molar-refractivity contribution in [2.75, 3.05) is 11.5 Å². The molecule has 1 saturated heterocycles. The van der Waals surface area contributed by atoms with Crippen LogP contribution in [-0.4, -0.2) is 23.7 Å². The highest BCUT2D eigenvalue weighted by Crippen LogP contribution is 2.65. The third-order valence-corrected chi connectivity index (χ3v) is 4.53. The fraction of sp³-hybridized carbons (Fsp3) is 0.500. The van der Waals surface area contributed by atoms with Crippen LogP contribution in [0.3, 0.4) is 0 Å². The summed E-state index contributed by atoms with van der Waals surface area (Å²) in [7, 11) is 0. The molecule has 1 aliphatic carbocycles. The van der Waals surface area contributed by atoms with Crippen molar-refractivity contribution in [3.8, 4) is 0 Å². The molecule has 0 bridgehead atoms. The summed E-state index contributed by atoms with van der Waals surface area (Å²) >= 11 is 0. The van der Waals surface area contributed by atoms with Gasteiger partial charge in [0.25, 0.3) is 0 Å².